The topological polar surface area (TPSA) is 56.6 Å². The van der Waals surface area contributed by atoms with Crippen LogP contribution in [-0.4, -0.2) is 46.1 Å². The molecule has 0 radical (unpaired) electrons. The number of nitrogens with zero attached hydrogens (tertiary/aromatic N) is 3. The number of carbonyl (C=O) groups excluding carboxylic acids is 1. The van der Waals surface area contributed by atoms with E-state index in [1.165, 1.54) is 4.90 Å². The molecule has 30 heavy (non-hydrogen) atoms. The van der Waals surface area contributed by atoms with Crippen molar-refractivity contribution in [2.75, 3.05) is 24.3 Å². The summed E-state index contributed by atoms with van der Waals surface area (Å²) in [5.74, 6) is 0.781. The summed E-state index contributed by atoms with van der Waals surface area (Å²) in [6, 6.07) is 6.93. The van der Waals surface area contributed by atoms with Gasteiger partial charge in [0.2, 0.25) is 0 Å². The number of nitriles is 1. The third-order valence-electron chi connectivity index (χ3n) is 5.28. The molecule has 0 saturated carbocycles. The van der Waals surface area contributed by atoms with Crippen molar-refractivity contribution in [2.45, 2.75) is 37.5 Å². The lowest BCUT2D eigenvalue weighted by Gasteiger charge is -2.29. The third-order valence-corrected chi connectivity index (χ3v) is 6.95. The predicted molar refractivity (Wildman–Crippen MR) is 127 cm³/mol. The largest absolute Gasteiger partial charge is 0.494 e. The van der Waals surface area contributed by atoms with Crippen LogP contribution in [0.25, 0.3) is 0 Å². The molecule has 1 aromatic carbocycles. The van der Waals surface area contributed by atoms with Crippen molar-refractivity contribution >= 4 is 52.3 Å². The van der Waals surface area contributed by atoms with Gasteiger partial charge in [-0.15, -0.1) is 0 Å². The summed E-state index contributed by atoms with van der Waals surface area (Å²) in [4.78, 5) is 16.5. The molecule has 1 atom stereocenters. The summed E-state index contributed by atoms with van der Waals surface area (Å²) >= 11 is 13.6. The molecule has 1 unspecified atom stereocenters. The van der Waals surface area contributed by atoms with E-state index < -0.39 is 5.54 Å². The van der Waals surface area contributed by atoms with Gasteiger partial charge in [-0.2, -0.15) is 17.0 Å². The molecule has 0 spiro atoms. The zero-order valence-electron chi connectivity index (χ0n) is 17.2. The molecule has 1 amide bonds. The van der Waals surface area contributed by atoms with Crippen LogP contribution in [0.2, 0.25) is 5.02 Å². The second-order valence-electron chi connectivity index (χ2n) is 7.59. The molecule has 0 aromatic heterocycles. The molecule has 5 nitrogen and oxygen atoms in total. The Balaban J connectivity index is 1.63. The molecule has 0 bridgehead atoms. The lowest BCUT2D eigenvalue weighted by atomic mass is 10.0. The quantitative estimate of drug-likeness (QED) is 0.425. The standard InChI is InChI=1S/C22H24ClN3O2S2/c1-22(2)20(27)26(16-6-5-15(14-24)19(23)13-16)21(29)25(22)11-4-12-28-17-7-9-18(30-3)10-8-17/h5-9,13,18H,4,10-12H2,1-3H3. The van der Waals surface area contributed by atoms with Gasteiger partial charge in [0, 0.05) is 11.8 Å². The van der Waals surface area contributed by atoms with Crippen molar-refractivity contribution in [3.63, 3.8) is 0 Å². The fourth-order valence-electron chi connectivity index (χ4n) is 3.45. The van der Waals surface area contributed by atoms with Crippen LogP contribution in [0.1, 0.15) is 32.3 Å². The highest BCUT2D eigenvalue weighted by Gasteiger charge is 2.49. The zero-order valence-corrected chi connectivity index (χ0v) is 19.6. The van der Waals surface area contributed by atoms with E-state index in [9.17, 15) is 4.79 Å². The van der Waals surface area contributed by atoms with Gasteiger partial charge in [0.05, 0.1) is 22.9 Å². The Labute approximate surface area is 192 Å². The van der Waals surface area contributed by atoms with Gasteiger partial charge < -0.3 is 9.64 Å². The van der Waals surface area contributed by atoms with Crippen LogP contribution >= 0.6 is 35.6 Å². The normalized spacial score (nSPS) is 20.4. The molecule has 158 valence electrons. The van der Waals surface area contributed by atoms with Crippen molar-refractivity contribution in [1.29, 1.82) is 5.26 Å². The molecule has 3 rings (SSSR count). The Morgan fingerprint density at radius 3 is 2.80 bits per heavy atom. The third kappa shape index (κ3) is 4.51. The van der Waals surface area contributed by atoms with Gasteiger partial charge >= 0.3 is 0 Å². The summed E-state index contributed by atoms with van der Waals surface area (Å²) in [7, 11) is 0. The minimum absolute atomic E-state index is 0.116. The fourth-order valence-corrected chi connectivity index (χ4v) is 4.70. The van der Waals surface area contributed by atoms with E-state index in [2.05, 4.69) is 18.4 Å². The SMILES string of the molecule is CSC1C=CC(OCCCN2C(=S)N(c3ccc(C#N)c(Cl)c3)C(=O)C2(C)C)=CC1. The molecule has 1 aliphatic heterocycles. The number of carbonyl (C=O) groups is 1. The zero-order chi connectivity index (χ0) is 21.9. The molecule has 8 heteroatoms. The summed E-state index contributed by atoms with van der Waals surface area (Å²) in [6.45, 7) is 4.88. The average molecular weight is 462 g/mol. The Bertz CT molecular complexity index is 952. The minimum atomic E-state index is -0.771. The molecular weight excluding hydrogens is 438 g/mol. The van der Waals surface area contributed by atoms with E-state index in [1.807, 2.05) is 42.7 Å². The highest BCUT2D eigenvalue weighted by Crippen LogP contribution is 2.34. The number of anilines is 1. The molecular formula is C22H24ClN3O2S2. The Morgan fingerprint density at radius 1 is 1.43 bits per heavy atom. The second kappa shape index (κ2) is 9.42. The number of benzene rings is 1. The van der Waals surface area contributed by atoms with Crippen LogP contribution < -0.4 is 4.90 Å². The van der Waals surface area contributed by atoms with E-state index in [-0.39, 0.29) is 5.91 Å². The van der Waals surface area contributed by atoms with Crippen LogP contribution in [-0.2, 0) is 9.53 Å². The van der Waals surface area contributed by atoms with Crippen LogP contribution in [0.5, 0.6) is 0 Å². The van der Waals surface area contributed by atoms with Gasteiger partial charge in [-0.25, -0.2) is 0 Å². The van der Waals surface area contributed by atoms with Crippen LogP contribution in [0.15, 0.2) is 42.2 Å². The smallest absolute Gasteiger partial charge is 0.258 e. The molecule has 1 aromatic rings. The van der Waals surface area contributed by atoms with Crippen LogP contribution in [0.4, 0.5) is 5.69 Å². The van der Waals surface area contributed by atoms with Crippen molar-refractivity contribution in [2.24, 2.45) is 0 Å². The average Bonchev–Trinajstić information content (AvgIpc) is 2.90. The monoisotopic (exact) mass is 461 g/mol. The number of hydrogen-bond donors (Lipinski definition) is 0. The highest BCUT2D eigenvalue weighted by atomic mass is 35.5. The van der Waals surface area contributed by atoms with Gasteiger partial charge in [-0.05, 0) is 75.5 Å². The van der Waals surface area contributed by atoms with Crippen molar-refractivity contribution in [3.05, 3.63) is 52.8 Å². The summed E-state index contributed by atoms with van der Waals surface area (Å²) in [6.07, 6.45) is 10.1. The molecule has 1 heterocycles. The maximum absolute atomic E-state index is 13.1. The Kier molecular flexibility index (Phi) is 7.12. The molecule has 2 aliphatic rings. The molecule has 1 fully saturated rings. The van der Waals surface area contributed by atoms with Gasteiger partial charge in [0.1, 0.15) is 17.4 Å². The maximum Gasteiger partial charge on any atom is 0.258 e. The molecule has 1 saturated heterocycles. The first-order valence-electron chi connectivity index (χ1n) is 9.69. The van der Waals surface area contributed by atoms with Gasteiger partial charge in [0.15, 0.2) is 5.11 Å². The lowest BCUT2D eigenvalue weighted by Crippen LogP contribution is -2.44. The summed E-state index contributed by atoms with van der Waals surface area (Å²) < 4.78 is 5.87. The van der Waals surface area contributed by atoms with Crippen molar-refractivity contribution in [3.8, 4) is 6.07 Å². The molecule has 1 aliphatic carbocycles. The van der Waals surface area contributed by atoms with E-state index in [0.29, 0.717) is 39.8 Å². The number of thioether (sulfide) groups is 1. The number of halogens is 1. The number of rotatable bonds is 7. The van der Waals surface area contributed by atoms with E-state index in [1.54, 1.807) is 18.2 Å². The second-order valence-corrected chi connectivity index (χ2v) is 9.44. The Morgan fingerprint density at radius 2 is 2.20 bits per heavy atom. The summed E-state index contributed by atoms with van der Waals surface area (Å²) in [5.41, 5.74) is 0.162. The number of hydrogen-bond acceptors (Lipinski definition) is 5. The first-order valence-corrected chi connectivity index (χ1v) is 11.8. The lowest BCUT2D eigenvalue weighted by molar-refractivity contribution is -0.123. The maximum atomic E-state index is 13.1. The number of amides is 1. The van der Waals surface area contributed by atoms with Gasteiger partial charge in [-0.1, -0.05) is 17.7 Å². The first kappa shape index (κ1) is 22.7. The van der Waals surface area contributed by atoms with Gasteiger partial charge in [-0.3, -0.25) is 9.69 Å². The number of thiocarbonyl (C=S) groups is 1. The van der Waals surface area contributed by atoms with Crippen molar-refractivity contribution in [1.82, 2.24) is 4.90 Å². The van der Waals surface area contributed by atoms with Crippen LogP contribution in [0, 0.1) is 11.3 Å². The van der Waals surface area contributed by atoms with Crippen molar-refractivity contribution < 1.29 is 9.53 Å². The highest BCUT2D eigenvalue weighted by molar-refractivity contribution is 7.99. The predicted octanol–water partition coefficient (Wildman–Crippen LogP) is 4.91. The molecule has 0 N–H and O–H groups in total. The van der Waals surface area contributed by atoms with Crippen LogP contribution in [0.3, 0.4) is 0 Å². The number of ether oxygens (including phenoxy) is 1. The fraction of sp³-hybridized carbons (Fsp3) is 0.409. The Hall–Kier alpha value is -2.01. The summed E-state index contributed by atoms with van der Waals surface area (Å²) in [5, 5.41) is 10.3. The first-order chi connectivity index (χ1) is 14.3. The van der Waals surface area contributed by atoms with E-state index in [4.69, 9.17) is 33.8 Å². The minimum Gasteiger partial charge on any atom is -0.494 e. The van der Waals surface area contributed by atoms with E-state index >= 15 is 0 Å². The van der Waals surface area contributed by atoms with Gasteiger partial charge in [0.25, 0.3) is 5.91 Å². The number of allylic oxidation sites excluding steroid dienone is 2. The van der Waals surface area contributed by atoms with E-state index in [0.717, 1.165) is 18.6 Å².